The lowest BCUT2D eigenvalue weighted by Crippen LogP contribution is -2.67. The lowest BCUT2D eigenvalue weighted by molar-refractivity contribution is -0.0522. The van der Waals surface area contributed by atoms with E-state index >= 15 is 4.39 Å². The highest BCUT2D eigenvalue weighted by molar-refractivity contribution is 6.01. The second-order valence-electron chi connectivity index (χ2n) is 9.39. The third-order valence-corrected chi connectivity index (χ3v) is 7.23. The predicted molar refractivity (Wildman–Crippen MR) is 120 cm³/mol. The number of carbonyl (C=O) groups is 1. The smallest absolute Gasteiger partial charge is 0.416 e. The summed E-state index contributed by atoms with van der Waals surface area (Å²) in [7, 11) is 0. The Morgan fingerprint density at radius 2 is 2.24 bits per heavy atom. The van der Waals surface area contributed by atoms with Crippen molar-refractivity contribution in [1.29, 1.82) is 0 Å². The van der Waals surface area contributed by atoms with Gasteiger partial charge in [-0.1, -0.05) is 11.2 Å². The molecule has 1 unspecified atom stereocenters. The number of rotatable bonds is 2. The van der Waals surface area contributed by atoms with Crippen molar-refractivity contribution in [3.8, 4) is 0 Å². The van der Waals surface area contributed by atoms with Gasteiger partial charge in [-0.2, -0.15) is 0 Å². The van der Waals surface area contributed by atoms with Gasteiger partial charge in [-0.05, 0) is 31.9 Å². The maximum Gasteiger partial charge on any atom is 0.416 e. The van der Waals surface area contributed by atoms with Gasteiger partial charge in [0.15, 0.2) is 11.6 Å². The minimum absolute atomic E-state index is 0.0307. The van der Waals surface area contributed by atoms with Crippen molar-refractivity contribution in [2.45, 2.75) is 44.6 Å². The number of nitrogens with one attached hydrogen (secondary N) is 1. The van der Waals surface area contributed by atoms with Crippen LogP contribution in [0.3, 0.4) is 0 Å². The molecule has 0 radical (unpaired) electrons. The van der Waals surface area contributed by atoms with Crippen LogP contribution in [0.1, 0.15) is 19.4 Å². The molecule has 9 nitrogen and oxygen atoms in total. The van der Waals surface area contributed by atoms with Crippen molar-refractivity contribution in [3.63, 3.8) is 0 Å². The highest BCUT2D eigenvalue weighted by Crippen LogP contribution is 2.48. The van der Waals surface area contributed by atoms with Crippen LogP contribution < -0.4 is 15.1 Å². The first kappa shape index (κ1) is 20.6. The standard InChI is InChI=1S/C23H26FN5O4/c1-4-15-8-31-22(30)29(15)21-16-5-14-6-23(9-25-11-26-10-23)20-13(3)32-12(2)7-28(20)18(14)17(24)19(16)33-27-21/h4-5,9,12-13,15,20,26H,1,6-8,10-11H2,2-3H3/t12-,13+,15+,20-,23?/m1/s1. The Morgan fingerprint density at radius 1 is 1.39 bits per heavy atom. The summed E-state index contributed by atoms with van der Waals surface area (Å²) in [5, 5.41) is 7.90. The molecule has 0 saturated carbocycles. The Labute approximate surface area is 190 Å². The summed E-state index contributed by atoms with van der Waals surface area (Å²) < 4.78 is 32.9. The van der Waals surface area contributed by atoms with Crippen LogP contribution in [0, 0.1) is 11.2 Å². The number of carbonyl (C=O) groups excluding carboxylic acids is 1. The molecule has 1 aromatic carbocycles. The van der Waals surface area contributed by atoms with Crippen molar-refractivity contribution in [3.05, 3.63) is 30.1 Å². The van der Waals surface area contributed by atoms with Crippen LogP contribution in [0.15, 0.2) is 28.2 Å². The molecule has 4 aliphatic rings. The zero-order valence-electron chi connectivity index (χ0n) is 18.6. The summed E-state index contributed by atoms with van der Waals surface area (Å²) in [6.45, 7) is 9.82. The first-order chi connectivity index (χ1) is 15.9. The first-order valence-corrected chi connectivity index (χ1v) is 11.3. The molecule has 5 atom stereocenters. The SMILES string of the molecule is C=C[C@H]1COC(=O)N1c1noc2c(F)c3c(cc12)CC1(C=NCNC1)[C@H]1[C@H](C)O[C@H](C)CN31. The number of hydrogen-bond acceptors (Lipinski definition) is 8. The van der Waals surface area contributed by atoms with Crippen molar-refractivity contribution in [2.24, 2.45) is 10.4 Å². The third kappa shape index (κ3) is 2.86. The van der Waals surface area contributed by atoms with E-state index in [1.165, 1.54) is 4.90 Å². The van der Waals surface area contributed by atoms with E-state index in [-0.39, 0.29) is 41.7 Å². The van der Waals surface area contributed by atoms with Crippen LogP contribution >= 0.6 is 0 Å². The van der Waals surface area contributed by atoms with E-state index in [1.807, 2.05) is 26.1 Å². The number of fused-ring (bicyclic) bond motifs is 5. The van der Waals surface area contributed by atoms with Gasteiger partial charge >= 0.3 is 6.09 Å². The fraction of sp³-hybridized carbons (Fsp3) is 0.522. The van der Waals surface area contributed by atoms with Crippen LogP contribution in [0.25, 0.3) is 11.0 Å². The van der Waals surface area contributed by atoms with Gasteiger partial charge < -0.3 is 18.9 Å². The Hall–Kier alpha value is -2.98. The van der Waals surface area contributed by atoms with Gasteiger partial charge in [0, 0.05) is 24.7 Å². The molecule has 4 aliphatic heterocycles. The number of aliphatic imine (C=N–C) groups is 1. The summed E-state index contributed by atoms with van der Waals surface area (Å²) in [4.78, 5) is 20.4. The molecular formula is C23H26FN5O4. The van der Waals surface area contributed by atoms with E-state index < -0.39 is 18.0 Å². The van der Waals surface area contributed by atoms with Gasteiger partial charge in [-0.15, -0.1) is 6.58 Å². The van der Waals surface area contributed by atoms with E-state index in [0.717, 1.165) is 5.56 Å². The van der Waals surface area contributed by atoms with Crippen molar-refractivity contribution in [1.82, 2.24) is 10.5 Å². The maximum absolute atomic E-state index is 16.1. The van der Waals surface area contributed by atoms with Gasteiger partial charge in [-0.25, -0.2) is 14.1 Å². The highest BCUT2D eigenvalue weighted by atomic mass is 19.1. The number of amides is 1. The molecule has 2 saturated heterocycles. The number of cyclic esters (lactones) is 1. The fourth-order valence-electron chi connectivity index (χ4n) is 6.05. The van der Waals surface area contributed by atoms with Crippen LogP contribution in [-0.4, -0.2) is 68.1 Å². The summed E-state index contributed by atoms with van der Waals surface area (Å²) in [6, 6.07) is 1.43. The number of anilines is 2. The number of ether oxygens (including phenoxy) is 2. The number of benzene rings is 1. The molecular weight excluding hydrogens is 429 g/mol. The number of hydrogen-bond donors (Lipinski definition) is 1. The highest BCUT2D eigenvalue weighted by Gasteiger charge is 2.53. The van der Waals surface area contributed by atoms with E-state index in [0.29, 0.717) is 37.3 Å². The Bertz CT molecular complexity index is 1180. The second kappa shape index (κ2) is 7.26. The third-order valence-electron chi connectivity index (χ3n) is 7.23. The Balaban J connectivity index is 1.55. The zero-order chi connectivity index (χ0) is 22.9. The monoisotopic (exact) mass is 455 g/mol. The largest absolute Gasteiger partial charge is 0.447 e. The molecule has 33 heavy (non-hydrogen) atoms. The van der Waals surface area contributed by atoms with Crippen molar-refractivity contribution >= 4 is 34.8 Å². The van der Waals surface area contributed by atoms with E-state index in [2.05, 4.69) is 26.9 Å². The number of aromatic nitrogens is 1. The minimum Gasteiger partial charge on any atom is -0.447 e. The normalized spacial score (nSPS) is 33.4. The molecule has 0 aliphatic carbocycles. The maximum atomic E-state index is 16.1. The molecule has 174 valence electrons. The van der Waals surface area contributed by atoms with Crippen molar-refractivity contribution < 1.29 is 23.2 Å². The Morgan fingerprint density at radius 3 is 3.00 bits per heavy atom. The summed E-state index contributed by atoms with van der Waals surface area (Å²) in [6.07, 6.45) is 3.49. The molecule has 1 aromatic heterocycles. The van der Waals surface area contributed by atoms with Gasteiger partial charge in [0.05, 0.1) is 42.0 Å². The van der Waals surface area contributed by atoms with Crippen LogP contribution in [0.5, 0.6) is 0 Å². The van der Waals surface area contributed by atoms with Crippen molar-refractivity contribution in [2.75, 3.05) is 36.2 Å². The number of halogens is 1. The molecule has 5 heterocycles. The molecule has 10 heteroatoms. The minimum atomic E-state index is -0.552. The summed E-state index contributed by atoms with van der Waals surface area (Å²) in [5.74, 6) is -0.222. The quantitative estimate of drug-likeness (QED) is 0.696. The fourth-order valence-corrected chi connectivity index (χ4v) is 6.05. The van der Waals surface area contributed by atoms with Gasteiger partial charge in [0.25, 0.3) is 0 Å². The lowest BCUT2D eigenvalue weighted by atomic mass is 9.68. The van der Waals surface area contributed by atoms with Gasteiger partial charge in [0.1, 0.15) is 6.61 Å². The second-order valence-corrected chi connectivity index (χ2v) is 9.39. The molecule has 2 aromatic rings. The van der Waals surface area contributed by atoms with Crippen LogP contribution in [0.4, 0.5) is 20.7 Å². The average Bonchev–Trinajstić information content (AvgIpc) is 3.36. The average molecular weight is 455 g/mol. The van der Waals surface area contributed by atoms with Gasteiger partial charge in [-0.3, -0.25) is 10.3 Å². The molecule has 1 N–H and O–H groups in total. The first-order valence-electron chi connectivity index (χ1n) is 11.3. The number of nitrogens with zero attached hydrogens (tertiary/aromatic N) is 4. The van der Waals surface area contributed by atoms with E-state index in [9.17, 15) is 4.79 Å². The van der Waals surface area contributed by atoms with E-state index in [1.54, 1.807) is 6.08 Å². The molecule has 1 spiro atoms. The topological polar surface area (TPSA) is 92.4 Å². The van der Waals surface area contributed by atoms with E-state index in [4.69, 9.17) is 14.0 Å². The zero-order valence-corrected chi connectivity index (χ0v) is 18.6. The predicted octanol–water partition coefficient (Wildman–Crippen LogP) is 2.63. The summed E-state index contributed by atoms with van der Waals surface area (Å²) >= 11 is 0. The van der Waals surface area contributed by atoms with Crippen LogP contribution in [-0.2, 0) is 15.9 Å². The Kier molecular flexibility index (Phi) is 4.54. The summed E-state index contributed by atoms with van der Waals surface area (Å²) in [5.41, 5.74) is 1.03. The van der Waals surface area contributed by atoms with Crippen LogP contribution in [0.2, 0.25) is 0 Å². The molecule has 6 rings (SSSR count). The molecule has 1 amide bonds. The molecule has 0 bridgehead atoms. The lowest BCUT2D eigenvalue weighted by Gasteiger charge is -2.56. The van der Waals surface area contributed by atoms with Gasteiger partial charge in [0.2, 0.25) is 5.58 Å². The number of morpholine rings is 1. The molecule has 2 fully saturated rings.